The maximum absolute atomic E-state index is 13.9. The van der Waals surface area contributed by atoms with Crippen LogP contribution in [0.15, 0.2) is 12.1 Å². The molecular formula is C12H11F4NO. The first-order chi connectivity index (χ1) is 8.47. The molecule has 98 valence electrons. The second-order valence-corrected chi connectivity index (χ2v) is 4.57. The van der Waals surface area contributed by atoms with Crippen molar-refractivity contribution in [2.24, 2.45) is 0 Å². The first-order valence-electron chi connectivity index (χ1n) is 5.71. The van der Waals surface area contributed by atoms with E-state index in [2.05, 4.69) is 5.32 Å². The summed E-state index contributed by atoms with van der Waals surface area (Å²) < 4.78 is 57.1. The smallest absolute Gasteiger partial charge is 0.375 e. The molecule has 1 fully saturated rings. The number of benzene rings is 1. The van der Waals surface area contributed by atoms with Crippen LogP contribution in [0.2, 0.25) is 0 Å². The summed E-state index contributed by atoms with van der Waals surface area (Å²) in [6, 6.07) is 1.27. The van der Waals surface area contributed by atoms with Gasteiger partial charge in [-0.25, -0.2) is 4.39 Å². The van der Waals surface area contributed by atoms with Crippen LogP contribution < -0.4 is 5.32 Å². The Hall–Kier alpha value is -1.14. The molecule has 0 bridgehead atoms. The van der Waals surface area contributed by atoms with E-state index in [0.29, 0.717) is 36.8 Å². The molecule has 1 aliphatic carbocycles. The van der Waals surface area contributed by atoms with E-state index in [1.807, 2.05) is 0 Å². The molecule has 18 heavy (non-hydrogen) atoms. The maximum Gasteiger partial charge on any atom is 0.416 e. The molecule has 1 N–H and O–H groups in total. The normalized spacial score (nSPS) is 26.9. The van der Waals surface area contributed by atoms with Crippen LogP contribution in [0, 0.1) is 5.82 Å². The van der Waals surface area contributed by atoms with Crippen LogP contribution >= 0.6 is 0 Å². The van der Waals surface area contributed by atoms with Crippen molar-refractivity contribution in [3.8, 4) is 0 Å². The van der Waals surface area contributed by atoms with Crippen molar-refractivity contribution >= 4 is 0 Å². The molecule has 3 rings (SSSR count). The summed E-state index contributed by atoms with van der Waals surface area (Å²) in [6.45, 7) is 1.09. The third-order valence-corrected chi connectivity index (χ3v) is 3.44. The van der Waals surface area contributed by atoms with Gasteiger partial charge in [-0.05, 0) is 17.7 Å². The highest BCUT2D eigenvalue weighted by Crippen LogP contribution is 2.40. The second-order valence-electron chi connectivity index (χ2n) is 4.57. The number of fused-ring (bicyclic) bond motifs is 3. The quantitative estimate of drug-likeness (QED) is 0.724. The average Bonchev–Trinajstić information content (AvgIpc) is 2.66. The Morgan fingerprint density at radius 2 is 2.06 bits per heavy atom. The van der Waals surface area contributed by atoms with Crippen LogP contribution in [0.1, 0.15) is 22.7 Å². The van der Waals surface area contributed by atoms with Gasteiger partial charge in [0.05, 0.1) is 24.3 Å². The van der Waals surface area contributed by atoms with E-state index < -0.39 is 17.6 Å². The van der Waals surface area contributed by atoms with Crippen LogP contribution in [-0.2, 0) is 17.3 Å². The zero-order valence-electron chi connectivity index (χ0n) is 9.35. The Morgan fingerprint density at radius 1 is 1.28 bits per heavy atom. The van der Waals surface area contributed by atoms with Crippen molar-refractivity contribution in [2.45, 2.75) is 24.7 Å². The van der Waals surface area contributed by atoms with E-state index in [-0.39, 0.29) is 12.1 Å². The zero-order chi connectivity index (χ0) is 12.9. The predicted molar refractivity (Wildman–Crippen MR) is 55.6 cm³/mol. The van der Waals surface area contributed by atoms with Gasteiger partial charge in [0.15, 0.2) is 0 Å². The van der Waals surface area contributed by atoms with Gasteiger partial charge in [-0.1, -0.05) is 0 Å². The Balaban J connectivity index is 2.05. The number of rotatable bonds is 0. The summed E-state index contributed by atoms with van der Waals surface area (Å²) in [5.74, 6) is -0.801. The lowest BCUT2D eigenvalue weighted by Gasteiger charge is -2.27. The maximum atomic E-state index is 13.9. The topological polar surface area (TPSA) is 21.3 Å². The van der Waals surface area contributed by atoms with Crippen LogP contribution in [0.3, 0.4) is 0 Å². The van der Waals surface area contributed by atoms with Crippen molar-refractivity contribution in [3.05, 3.63) is 34.6 Å². The van der Waals surface area contributed by atoms with Crippen molar-refractivity contribution in [3.63, 3.8) is 0 Å². The van der Waals surface area contributed by atoms with Gasteiger partial charge in [0.1, 0.15) is 5.82 Å². The zero-order valence-corrected chi connectivity index (χ0v) is 9.35. The molecule has 0 aromatic heterocycles. The Bertz CT molecular complexity index is 486. The minimum absolute atomic E-state index is 0.258. The van der Waals surface area contributed by atoms with Crippen molar-refractivity contribution < 1.29 is 22.3 Å². The summed E-state index contributed by atoms with van der Waals surface area (Å²) in [5.41, 5.74) is -0.211. The number of morpholine rings is 1. The fourth-order valence-corrected chi connectivity index (χ4v) is 2.69. The van der Waals surface area contributed by atoms with Crippen LogP contribution in [0.5, 0.6) is 0 Å². The number of hydrogen-bond donors (Lipinski definition) is 1. The van der Waals surface area contributed by atoms with Gasteiger partial charge < -0.3 is 10.1 Å². The number of nitrogens with one attached hydrogen (secondary N) is 1. The number of halogens is 4. The predicted octanol–water partition coefficient (Wildman–Crippen LogP) is 2.43. The number of ether oxygens (including phenoxy) is 1. The van der Waals surface area contributed by atoms with E-state index in [0.717, 1.165) is 6.07 Å². The van der Waals surface area contributed by atoms with Gasteiger partial charge in [-0.2, -0.15) is 13.2 Å². The molecule has 1 heterocycles. The molecule has 1 aliphatic heterocycles. The molecule has 2 aliphatic rings. The summed E-state index contributed by atoms with van der Waals surface area (Å²) in [7, 11) is 0. The van der Waals surface area contributed by atoms with E-state index >= 15 is 0 Å². The minimum Gasteiger partial charge on any atom is -0.375 e. The van der Waals surface area contributed by atoms with Crippen LogP contribution in [0.4, 0.5) is 17.6 Å². The first-order valence-corrected chi connectivity index (χ1v) is 5.71. The molecule has 0 spiro atoms. The molecular weight excluding hydrogens is 250 g/mol. The first kappa shape index (κ1) is 11.9. The summed E-state index contributed by atoms with van der Waals surface area (Å²) in [5, 5.41) is 3.09. The Labute approximate surface area is 101 Å². The summed E-state index contributed by atoms with van der Waals surface area (Å²) in [6.07, 6.45) is -4.45. The van der Waals surface area contributed by atoms with Gasteiger partial charge in [-0.3, -0.25) is 0 Å². The molecule has 6 heteroatoms. The molecule has 0 radical (unpaired) electrons. The van der Waals surface area contributed by atoms with Crippen LogP contribution in [-0.4, -0.2) is 19.3 Å². The van der Waals surface area contributed by atoms with Gasteiger partial charge >= 0.3 is 6.18 Å². The number of hydrogen-bond acceptors (Lipinski definition) is 2. The highest BCUT2D eigenvalue weighted by Gasteiger charge is 2.40. The van der Waals surface area contributed by atoms with Gasteiger partial charge in [0.2, 0.25) is 0 Å². The van der Waals surface area contributed by atoms with Crippen molar-refractivity contribution in [1.29, 1.82) is 0 Å². The third-order valence-electron chi connectivity index (χ3n) is 3.44. The van der Waals surface area contributed by atoms with Gasteiger partial charge in [0, 0.05) is 18.5 Å². The molecule has 2 atom stereocenters. The summed E-state index contributed by atoms with van der Waals surface area (Å²) in [4.78, 5) is 0. The Kier molecular flexibility index (Phi) is 2.60. The monoisotopic (exact) mass is 261 g/mol. The molecule has 0 saturated carbocycles. The van der Waals surface area contributed by atoms with E-state index in [9.17, 15) is 17.6 Å². The van der Waals surface area contributed by atoms with Gasteiger partial charge in [-0.15, -0.1) is 0 Å². The Morgan fingerprint density at radius 3 is 2.78 bits per heavy atom. The standard InChI is InChI=1S/C12H11F4NO/c13-8-5-7(12(14,15)16)3-6-4-9-11(10(6)8)17-1-2-18-9/h3,5,9,11,17H,1-2,4H2/t9?,11-/m1/s1. The lowest BCUT2D eigenvalue weighted by molar-refractivity contribution is -0.137. The second kappa shape index (κ2) is 3.93. The molecule has 2 nitrogen and oxygen atoms in total. The molecule has 0 amide bonds. The fraction of sp³-hybridized carbons (Fsp3) is 0.500. The largest absolute Gasteiger partial charge is 0.416 e. The molecule has 1 saturated heterocycles. The average molecular weight is 261 g/mol. The van der Waals surface area contributed by atoms with Crippen molar-refractivity contribution in [2.75, 3.05) is 13.2 Å². The SMILES string of the molecule is Fc1cc(C(F)(F)F)cc2c1[C@@H]1NCCOC1C2. The highest BCUT2D eigenvalue weighted by molar-refractivity contribution is 5.42. The number of alkyl halides is 3. The van der Waals surface area contributed by atoms with E-state index in [1.165, 1.54) is 0 Å². The lowest BCUT2D eigenvalue weighted by atomic mass is 10.0. The van der Waals surface area contributed by atoms with Gasteiger partial charge in [0.25, 0.3) is 0 Å². The molecule has 1 aromatic rings. The summed E-state index contributed by atoms with van der Waals surface area (Å²) >= 11 is 0. The van der Waals surface area contributed by atoms with E-state index in [1.54, 1.807) is 0 Å². The van der Waals surface area contributed by atoms with Crippen molar-refractivity contribution in [1.82, 2.24) is 5.32 Å². The fourth-order valence-electron chi connectivity index (χ4n) is 2.69. The third kappa shape index (κ3) is 1.80. The molecule has 1 aromatic carbocycles. The lowest BCUT2D eigenvalue weighted by Crippen LogP contribution is -2.39. The minimum atomic E-state index is -4.52. The highest BCUT2D eigenvalue weighted by atomic mass is 19.4. The van der Waals surface area contributed by atoms with E-state index in [4.69, 9.17) is 4.74 Å². The van der Waals surface area contributed by atoms with Crippen LogP contribution in [0.25, 0.3) is 0 Å². The molecule has 1 unspecified atom stereocenters.